The second kappa shape index (κ2) is 6.78. The third kappa shape index (κ3) is 2.62. The standard InChI is InChI=1S/C29H17NOS/c1-2-7-19(8-3-1)29-30-25-16-15-18-13-14-20(17-24(18)27(25)31-29)21-10-6-11-23-22-9-4-5-12-26(22)32-28(21)23/h1-17H. The molecule has 5 aromatic carbocycles. The van der Waals surface area contributed by atoms with Crippen LogP contribution in [0.2, 0.25) is 0 Å². The maximum atomic E-state index is 6.29. The number of hydrogen-bond donors (Lipinski definition) is 0. The van der Waals surface area contributed by atoms with E-state index in [-0.39, 0.29) is 0 Å². The summed E-state index contributed by atoms with van der Waals surface area (Å²) in [6.07, 6.45) is 0. The van der Waals surface area contributed by atoms with Crippen molar-refractivity contribution in [2.75, 3.05) is 0 Å². The predicted molar refractivity (Wildman–Crippen MR) is 135 cm³/mol. The van der Waals surface area contributed by atoms with E-state index in [0.29, 0.717) is 5.89 Å². The van der Waals surface area contributed by atoms with Crippen molar-refractivity contribution >= 4 is 53.4 Å². The van der Waals surface area contributed by atoms with Crippen molar-refractivity contribution in [3.05, 3.63) is 103 Å². The molecule has 0 unspecified atom stereocenters. The van der Waals surface area contributed by atoms with Crippen molar-refractivity contribution < 1.29 is 4.42 Å². The Morgan fingerprint density at radius 1 is 0.625 bits per heavy atom. The fourth-order valence-electron chi connectivity index (χ4n) is 4.55. The fraction of sp³-hybridized carbons (Fsp3) is 0. The number of oxazole rings is 1. The van der Waals surface area contributed by atoms with Crippen LogP contribution in [0, 0.1) is 0 Å². The van der Waals surface area contributed by atoms with Crippen molar-refractivity contribution in [2.45, 2.75) is 0 Å². The maximum Gasteiger partial charge on any atom is 0.227 e. The van der Waals surface area contributed by atoms with Gasteiger partial charge in [0.1, 0.15) is 5.52 Å². The first-order chi connectivity index (χ1) is 15.8. The molecule has 2 nitrogen and oxygen atoms in total. The van der Waals surface area contributed by atoms with E-state index in [1.807, 2.05) is 47.7 Å². The Kier molecular flexibility index (Phi) is 3.75. The molecule has 0 bridgehead atoms. The molecule has 0 aliphatic rings. The van der Waals surface area contributed by atoms with E-state index in [1.165, 1.54) is 31.3 Å². The zero-order valence-electron chi connectivity index (χ0n) is 17.1. The number of thiophene rings is 1. The van der Waals surface area contributed by atoms with E-state index in [0.717, 1.165) is 27.4 Å². The summed E-state index contributed by atoms with van der Waals surface area (Å²) in [6, 6.07) is 36.1. The molecule has 3 heteroatoms. The van der Waals surface area contributed by atoms with Gasteiger partial charge in [-0.15, -0.1) is 11.3 Å². The zero-order chi connectivity index (χ0) is 21.1. The van der Waals surface area contributed by atoms with Crippen LogP contribution >= 0.6 is 11.3 Å². The van der Waals surface area contributed by atoms with Crippen LogP contribution < -0.4 is 0 Å². The minimum atomic E-state index is 0.658. The molecule has 150 valence electrons. The largest absolute Gasteiger partial charge is 0.435 e. The van der Waals surface area contributed by atoms with Gasteiger partial charge in [0.25, 0.3) is 0 Å². The lowest BCUT2D eigenvalue weighted by Crippen LogP contribution is -1.81. The van der Waals surface area contributed by atoms with Crippen LogP contribution in [0.3, 0.4) is 0 Å². The van der Waals surface area contributed by atoms with E-state index in [2.05, 4.69) is 66.7 Å². The summed E-state index contributed by atoms with van der Waals surface area (Å²) in [5.41, 5.74) is 5.16. The van der Waals surface area contributed by atoms with Gasteiger partial charge in [-0.2, -0.15) is 0 Å². The minimum absolute atomic E-state index is 0.658. The van der Waals surface area contributed by atoms with E-state index in [9.17, 15) is 0 Å². The highest BCUT2D eigenvalue weighted by atomic mass is 32.1. The molecule has 0 spiro atoms. The number of nitrogens with zero attached hydrogens (tertiary/aromatic N) is 1. The van der Waals surface area contributed by atoms with Crippen LogP contribution in [0.25, 0.3) is 64.6 Å². The third-order valence-electron chi connectivity index (χ3n) is 6.11. The van der Waals surface area contributed by atoms with Gasteiger partial charge < -0.3 is 4.42 Å². The van der Waals surface area contributed by atoms with Gasteiger partial charge >= 0.3 is 0 Å². The molecule has 0 atom stereocenters. The molecule has 0 amide bonds. The molecule has 2 aromatic heterocycles. The number of benzene rings is 5. The SMILES string of the molecule is c1ccc(-c2nc3ccc4ccc(-c5cccc6c5sc5ccccc56)cc4c3o2)cc1. The summed E-state index contributed by atoms with van der Waals surface area (Å²) in [5, 5.41) is 4.88. The van der Waals surface area contributed by atoms with Crippen LogP contribution in [-0.4, -0.2) is 4.98 Å². The van der Waals surface area contributed by atoms with Crippen molar-refractivity contribution in [1.29, 1.82) is 0 Å². The Labute approximate surface area is 188 Å². The van der Waals surface area contributed by atoms with Crippen molar-refractivity contribution in [1.82, 2.24) is 4.98 Å². The molecule has 0 saturated heterocycles. The summed E-state index contributed by atoms with van der Waals surface area (Å²) in [7, 11) is 0. The highest BCUT2D eigenvalue weighted by molar-refractivity contribution is 7.26. The van der Waals surface area contributed by atoms with Crippen LogP contribution in [0.1, 0.15) is 0 Å². The van der Waals surface area contributed by atoms with Gasteiger partial charge in [0.05, 0.1) is 0 Å². The lowest BCUT2D eigenvalue weighted by Gasteiger charge is -2.06. The number of aromatic nitrogens is 1. The Morgan fingerprint density at radius 3 is 2.38 bits per heavy atom. The summed E-state index contributed by atoms with van der Waals surface area (Å²) in [4.78, 5) is 4.75. The molecule has 0 radical (unpaired) electrons. The molecule has 0 aliphatic carbocycles. The highest BCUT2D eigenvalue weighted by Gasteiger charge is 2.14. The molecule has 2 heterocycles. The first-order valence-electron chi connectivity index (χ1n) is 10.6. The van der Waals surface area contributed by atoms with Crippen molar-refractivity contribution in [3.63, 3.8) is 0 Å². The molecular formula is C29H17NOS. The summed E-state index contributed by atoms with van der Waals surface area (Å²) >= 11 is 1.86. The number of fused-ring (bicyclic) bond motifs is 6. The first kappa shape index (κ1) is 17.7. The molecule has 7 rings (SSSR count). The van der Waals surface area contributed by atoms with E-state index < -0.39 is 0 Å². The molecule has 7 aromatic rings. The van der Waals surface area contributed by atoms with Crippen LogP contribution in [-0.2, 0) is 0 Å². The predicted octanol–water partition coefficient (Wildman–Crippen LogP) is 8.68. The van der Waals surface area contributed by atoms with E-state index in [1.54, 1.807) is 0 Å². The van der Waals surface area contributed by atoms with Crippen LogP contribution in [0.4, 0.5) is 0 Å². The van der Waals surface area contributed by atoms with Gasteiger partial charge in [-0.3, -0.25) is 0 Å². The lowest BCUT2D eigenvalue weighted by atomic mass is 9.99. The van der Waals surface area contributed by atoms with Crippen LogP contribution in [0.15, 0.2) is 108 Å². The lowest BCUT2D eigenvalue weighted by molar-refractivity contribution is 0.623. The van der Waals surface area contributed by atoms with Gasteiger partial charge in [0, 0.05) is 31.1 Å². The topological polar surface area (TPSA) is 26.0 Å². The Bertz CT molecular complexity index is 1780. The van der Waals surface area contributed by atoms with Crippen molar-refractivity contribution in [2.24, 2.45) is 0 Å². The third-order valence-corrected chi connectivity index (χ3v) is 7.33. The van der Waals surface area contributed by atoms with E-state index >= 15 is 0 Å². The Morgan fingerprint density at radius 2 is 1.44 bits per heavy atom. The van der Waals surface area contributed by atoms with Gasteiger partial charge in [0.15, 0.2) is 5.58 Å². The van der Waals surface area contributed by atoms with Crippen LogP contribution in [0.5, 0.6) is 0 Å². The molecule has 0 aliphatic heterocycles. The molecule has 32 heavy (non-hydrogen) atoms. The van der Waals surface area contributed by atoms with Gasteiger partial charge in [-0.25, -0.2) is 4.98 Å². The Hall–Kier alpha value is -3.95. The van der Waals surface area contributed by atoms with Gasteiger partial charge in [-0.05, 0) is 46.8 Å². The smallest absolute Gasteiger partial charge is 0.227 e. The van der Waals surface area contributed by atoms with Gasteiger partial charge in [-0.1, -0.05) is 72.8 Å². The second-order valence-electron chi connectivity index (χ2n) is 8.02. The highest BCUT2D eigenvalue weighted by Crippen LogP contribution is 2.41. The average Bonchev–Trinajstić information content (AvgIpc) is 3.46. The maximum absolute atomic E-state index is 6.29. The normalized spacial score (nSPS) is 11.8. The summed E-state index contributed by atoms with van der Waals surface area (Å²) in [5.74, 6) is 0.658. The molecular weight excluding hydrogens is 410 g/mol. The first-order valence-corrected chi connectivity index (χ1v) is 11.5. The minimum Gasteiger partial charge on any atom is -0.435 e. The number of rotatable bonds is 2. The fourth-order valence-corrected chi connectivity index (χ4v) is 5.79. The summed E-state index contributed by atoms with van der Waals surface area (Å²) in [6.45, 7) is 0. The quantitative estimate of drug-likeness (QED) is 0.276. The average molecular weight is 428 g/mol. The molecule has 0 N–H and O–H groups in total. The zero-order valence-corrected chi connectivity index (χ0v) is 17.9. The van der Waals surface area contributed by atoms with Crippen molar-refractivity contribution in [3.8, 4) is 22.6 Å². The molecule has 0 fully saturated rings. The monoisotopic (exact) mass is 427 g/mol. The number of hydrogen-bond acceptors (Lipinski definition) is 3. The van der Waals surface area contributed by atoms with Gasteiger partial charge in [0.2, 0.25) is 5.89 Å². The summed E-state index contributed by atoms with van der Waals surface area (Å²) < 4.78 is 8.93. The van der Waals surface area contributed by atoms with E-state index in [4.69, 9.17) is 9.40 Å². The second-order valence-corrected chi connectivity index (χ2v) is 9.07. The molecule has 0 saturated carbocycles. The Balaban J connectivity index is 1.47.